The Bertz CT molecular complexity index is 875. The van der Waals surface area contributed by atoms with E-state index in [1.54, 1.807) is 43.3 Å². The zero-order valence-electron chi connectivity index (χ0n) is 14.6. The van der Waals surface area contributed by atoms with Crippen LogP contribution in [-0.2, 0) is 4.79 Å². The van der Waals surface area contributed by atoms with E-state index in [1.807, 2.05) is 0 Å². The smallest absolute Gasteiger partial charge is 0.255 e. The third-order valence-electron chi connectivity index (χ3n) is 3.99. The second kappa shape index (κ2) is 8.63. The van der Waals surface area contributed by atoms with Crippen LogP contribution < -0.4 is 14.8 Å². The Balaban J connectivity index is 1.68. The Labute approximate surface area is 170 Å². The number of benzene rings is 2. The first-order valence-electron chi connectivity index (χ1n) is 8.41. The number of anilines is 1. The lowest BCUT2D eigenvalue weighted by atomic mass is 10.2. The number of amides is 2. The van der Waals surface area contributed by atoms with Crippen LogP contribution in [0.5, 0.6) is 11.5 Å². The summed E-state index contributed by atoms with van der Waals surface area (Å²) in [5.41, 5.74) is 0.924. The highest BCUT2D eigenvalue weighted by Crippen LogP contribution is 2.32. The summed E-state index contributed by atoms with van der Waals surface area (Å²) in [7, 11) is 0. The van der Waals surface area contributed by atoms with Crippen molar-refractivity contribution in [1.82, 2.24) is 4.90 Å². The first-order chi connectivity index (χ1) is 13.0. The number of hydrogen-bond donors (Lipinski definition) is 1. The number of carbonyl (C=O) groups is 2. The zero-order valence-corrected chi connectivity index (χ0v) is 17.0. The Hall–Kier alpha value is -2.25. The van der Waals surface area contributed by atoms with Gasteiger partial charge < -0.3 is 19.7 Å². The first kappa shape index (κ1) is 19.5. The molecular formula is C19H18BrClN2O4. The van der Waals surface area contributed by atoms with Crippen LogP contribution in [0, 0.1) is 0 Å². The summed E-state index contributed by atoms with van der Waals surface area (Å²) in [6, 6.07) is 10.2. The maximum absolute atomic E-state index is 12.7. The van der Waals surface area contributed by atoms with Gasteiger partial charge in [0.05, 0.1) is 10.6 Å². The molecule has 8 heteroatoms. The Morgan fingerprint density at radius 2 is 1.89 bits per heavy atom. The molecule has 0 saturated carbocycles. The van der Waals surface area contributed by atoms with Gasteiger partial charge in [-0.1, -0.05) is 27.5 Å². The van der Waals surface area contributed by atoms with Gasteiger partial charge in [-0.25, -0.2) is 0 Å². The molecule has 27 heavy (non-hydrogen) atoms. The molecule has 0 aromatic heterocycles. The van der Waals surface area contributed by atoms with Gasteiger partial charge in [0.2, 0.25) is 5.91 Å². The Morgan fingerprint density at radius 1 is 1.15 bits per heavy atom. The van der Waals surface area contributed by atoms with Gasteiger partial charge in [0.1, 0.15) is 19.8 Å². The molecule has 0 unspecified atom stereocenters. The fourth-order valence-electron chi connectivity index (χ4n) is 2.65. The van der Waals surface area contributed by atoms with Gasteiger partial charge >= 0.3 is 0 Å². The maximum Gasteiger partial charge on any atom is 0.255 e. The van der Waals surface area contributed by atoms with Crippen LogP contribution in [0.1, 0.15) is 17.3 Å². The molecule has 0 saturated heterocycles. The highest BCUT2D eigenvalue weighted by atomic mass is 79.9. The van der Waals surface area contributed by atoms with Crippen molar-refractivity contribution in [3.63, 3.8) is 0 Å². The van der Waals surface area contributed by atoms with Gasteiger partial charge in [-0.2, -0.15) is 0 Å². The van der Waals surface area contributed by atoms with E-state index in [0.717, 1.165) is 4.47 Å². The number of fused-ring (bicyclic) bond motifs is 1. The monoisotopic (exact) mass is 452 g/mol. The summed E-state index contributed by atoms with van der Waals surface area (Å²) in [6.45, 7) is 3.06. The molecule has 2 amide bonds. The predicted octanol–water partition coefficient (Wildman–Crippen LogP) is 3.97. The van der Waals surface area contributed by atoms with Gasteiger partial charge in [-0.3, -0.25) is 9.59 Å². The lowest BCUT2D eigenvalue weighted by molar-refractivity contribution is -0.116. The Kier molecular flexibility index (Phi) is 6.23. The molecule has 2 aromatic carbocycles. The van der Waals surface area contributed by atoms with E-state index >= 15 is 0 Å². The fourth-order valence-corrected chi connectivity index (χ4v) is 3.21. The molecule has 2 aromatic rings. The molecule has 0 spiro atoms. The average molecular weight is 454 g/mol. The normalized spacial score (nSPS) is 12.4. The predicted molar refractivity (Wildman–Crippen MR) is 107 cm³/mol. The number of likely N-dealkylation sites (N-methyl/N-ethyl adjacent to an activating group) is 1. The zero-order chi connectivity index (χ0) is 19.4. The summed E-state index contributed by atoms with van der Waals surface area (Å²) < 4.78 is 11.7. The van der Waals surface area contributed by atoms with E-state index in [4.69, 9.17) is 21.1 Å². The maximum atomic E-state index is 12.7. The van der Waals surface area contributed by atoms with E-state index < -0.39 is 0 Å². The first-order valence-corrected chi connectivity index (χ1v) is 9.59. The summed E-state index contributed by atoms with van der Waals surface area (Å²) in [5.74, 6) is 0.617. The molecule has 0 aliphatic carbocycles. The minimum absolute atomic E-state index is 0.0907. The summed E-state index contributed by atoms with van der Waals surface area (Å²) in [5, 5.41) is 3.12. The van der Waals surface area contributed by atoms with E-state index in [0.29, 0.717) is 47.5 Å². The fraction of sp³-hybridized carbons (Fsp3) is 0.263. The van der Waals surface area contributed by atoms with Crippen molar-refractivity contribution in [2.75, 3.05) is 31.6 Å². The summed E-state index contributed by atoms with van der Waals surface area (Å²) >= 11 is 9.46. The van der Waals surface area contributed by atoms with Crippen molar-refractivity contribution >= 4 is 45.0 Å². The summed E-state index contributed by atoms with van der Waals surface area (Å²) in [6.07, 6.45) is 0. The highest BCUT2D eigenvalue weighted by Gasteiger charge is 2.20. The molecule has 6 nitrogen and oxygen atoms in total. The van der Waals surface area contributed by atoms with Gasteiger partial charge in [0, 0.05) is 22.8 Å². The highest BCUT2D eigenvalue weighted by molar-refractivity contribution is 9.10. The number of carbonyl (C=O) groups excluding carboxylic acids is 2. The third kappa shape index (κ3) is 4.73. The van der Waals surface area contributed by atoms with Gasteiger partial charge in [0.25, 0.3) is 5.91 Å². The van der Waals surface area contributed by atoms with Crippen molar-refractivity contribution in [2.45, 2.75) is 6.92 Å². The van der Waals surface area contributed by atoms with Gasteiger partial charge in [-0.15, -0.1) is 0 Å². The minimum Gasteiger partial charge on any atom is -0.486 e. The van der Waals surface area contributed by atoms with Crippen molar-refractivity contribution in [1.29, 1.82) is 0 Å². The van der Waals surface area contributed by atoms with Gasteiger partial charge in [-0.05, 0) is 37.3 Å². The van der Waals surface area contributed by atoms with Crippen LogP contribution in [0.4, 0.5) is 5.69 Å². The van der Waals surface area contributed by atoms with Gasteiger partial charge in [0.15, 0.2) is 11.5 Å². The second-order valence-corrected chi connectivity index (χ2v) is 7.17. The Morgan fingerprint density at radius 3 is 2.63 bits per heavy atom. The SMILES string of the molecule is CCN(CC(=O)Nc1ccc2c(c1)OCCO2)C(=O)c1cc(Br)ccc1Cl. The van der Waals surface area contributed by atoms with Crippen molar-refractivity contribution in [3.8, 4) is 11.5 Å². The lowest BCUT2D eigenvalue weighted by Crippen LogP contribution is -2.38. The van der Waals surface area contributed by atoms with Crippen LogP contribution in [0.3, 0.4) is 0 Å². The largest absolute Gasteiger partial charge is 0.486 e. The lowest BCUT2D eigenvalue weighted by Gasteiger charge is -2.22. The van der Waals surface area contributed by atoms with E-state index in [9.17, 15) is 9.59 Å². The molecule has 1 aliphatic rings. The number of nitrogens with one attached hydrogen (secondary N) is 1. The molecule has 142 valence electrons. The van der Waals surface area contributed by atoms with E-state index in [-0.39, 0.29) is 18.4 Å². The molecule has 3 rings (SSSR count). The van der Waals surface area contributed by atoms with Crippen molar-refractivity contribution < 1.29 is 19.1 Å². The standard InChI is InChI=1S/C19H18BrClN2O4/c1-2-23(19(25)14-9-12(20)3-5-15(14)21)11-18(24)22-13-4-6-16-17(10-13)27-8-7-26-16/h3-6,9-10H,2,7-8,11H2,1H3,(H,22,24). The number of halogens is 2. The minimum atomic E-state index is -0.312. The number of ether oxygens (including phenoxy) is 2. The van der Waals surface area contributed by atoms with Crippen LogP contribution in [0.25, 0.3) is 0 Å². The quantitative estimate of drug-likeness (QED) is 0.744. The summed E-state index contributed by atoms with van der Waals surface area (Å²) in [4.78, 5) is 26.6. The molecule has 0 bridgehead atoms. The molecule has 1 N–H and O–H groups in total. The molecule has 0 atom stereocenters. The van der Waals surface area contributed by atoms with Crippen LogP contribution >= 0.6 is 27.5 Å². The molecule has 1 heterocycles. The van der Waals surface area contributed by atoms with Crippen LogP contribution in [-0.4, -0.2) is 43.0 Å². The molecule has 0 fully saturated rings. The second-order valence-electron chi connectivity index (χ2n) is 5.85. The number of rotatable bonds is 5. The molecule has 1 aliphatic heterocycles. The molecular weight excluding hydrogens is 436 g/mol. The van der Waals surface area contributed by atoms with Crippen LogP contribution in [0.15, 0.2) is 40.9 Å². The number of hydrogen-bond acceptors (Lipinski definition) is 4. The number of nitrogens with zero attached hydrogens (tertiary/aromatic N) is 1. The van der Waals surface area contributed by atoms with Crippen LogP contribution in [0.2, 0.25) is 5.02 Å². The van der Waals surface area contributed by atoms with E-state index in [1.165, 1.54) is 4.90 Å². The van der Waals surface area contributed by atoms with Crippen molar-refractivity contribution in [2.24, 2.45) is 0 Å². The molecule has 0 radical (unpaired) electrons. The topological polar surface area (TPSA) is 67.9 Å². The average Bonchev–Trinajstić information content (AvgIpc) is 2.67. The van der Waals surface area contributed by atoms with E-state index in [2.05, 4.69) is 21.2 Å². The third-order valence-corrected chi connectivity index (χ3v) is 4.81. The van der Waals surface area contributed by atoms with Crippen molar-refractivity contribution in [3.05, 3.63) is 51.5 Å².